The summed E-state index contributed by atoms with van der Waals surface area (Å²) >= 11 is 1.74. The van der Waals surface area contributed by atoms with E-state index in [0.29, 0.717) is 18.2 Å². The van der Waals surface area contributed by atoms with Gasteiger partial charge in [0.05, 0.1) is 18.5 Å². The second-order valence-electron chi connectivity index (χ2n) is 3.56. The topological polar surface area (TPSA) is 48.1 Å². The lowest BCUT2D eigenvalue weighted by Gasteiger charge is -2.06. The van der Waals surface area contributed by atoms with Crippen molar-refractivity contribution in [2.24, 2.45) is 0 Å². The maximum absolute atomic E-state index is 5.68. The molecular formula is C12H14N2OS. The van der Waals surface area contributed by atoms with Gasteiger partial charge in [-0.1, -0.05) is 6.07 Å². The molecule has 84 valence electrons. The van der Waals surface area contributed by atoms with E-state index in [-0.39, 0.29) is 0 Å². The molecule has 0 aliphatic rings. The van der Waals surface area contributed by atoms with Gasteiger partial charge in [-0.05, 0) is 23.9 Å². The molecule has 0 saturated heterocycles. The van der Waals surface area contributed by atoms with Gasteiger partial charge in [-0.25, -0.2) is 4.98 Å². The molecule has 16 heavy (non-hydrogen) atoms. The minimum atomic E-state index is 0.642. The summed E-state index contributed by atoms with van der Waals surface area (Å²) in [5, 5.41) is 2.07. The van der Waals surface area contributed by atoms with Crippen molar-refractivity contribution >= 4 is 17.0 Å². The van der Waals surface area contributed by atoms with Gasteiger partial charge in [0.25, 0.3) is 0 Å². The zero-order valence-electron chi connectivity index (χ0n) is 9.14. The highest BCUT2D eigenvalue weighted by Crippen LogP contribution is 2.15. The normalized spacial score (nSPS) is 10.3. The van der Waals surface area contributed by atoms with E-state index >= 15 is 0 Å². The number of hydrogen-bond donors (Lipinski definition) is 1. The first kappa shape index (κ1) is 11.0. The molecule has 0 radical (unpaired) electrons. The van der Waals surface area contributed by atoms with Gasteiger partial charge in [-0.2, -0.15) is 0 Å². The number of nitrogen functional groups attached to an aromatic ring is 1. The lowest BCUT2D eigenvalue weighted by Crippen LogP contribution is -2.02. The third-order valence-corrected chi connectivity index (χ3v) is 3.24. The third kappa shape index (κ3) is 2.73. The van der Waals surface area contributed by atoms with E-state index in [9.17, 15) is 0 Å². The molecule has 2 rings (SSSR count). The molecule has 0 amide bonds. The van der Waals surface area contributed by atoms with Crippen molar-refractivity contribution < 1.29 is 4.74 Å². The number of nitrogens with two attached hydrogens (primary N) is 1. The molecule has 0 fully saturated rings. The Balaban J connectivity index is 1.87. The van der Waals surface area contributed by atoms with Crippen LogP contribution in [-0.4, -0.2) is 11.6 Å². The summed E-state index contributed by atoms with van der Waals surface area (Å²) in [5.41, 5.74) is 7.38. The number of aryl methyl sites for hydroxylation is 1. The van der Waals surface area contributed by atoms with Gasteiger partial charge in [-0.15, -0.1) is 11.3 Å². The average molecular weight is 234 g/mol. The van der Waals surface area contributed by atoms with E-state index in [1.165, 1.54) is 4.88 Å². The van der Waals surface area contributed by atoms with Crippen LogP contribution in [0.25, 0.3) is 0 Å². The molecule has 2 aromatic rings. The molecule has 0 saturated carbocycles. The Hall–Kier alpha value is -1.55. The fourth-order valence-corrected chi connectivity index (χ4v) is 2.02. The van der Waals surface area contributed by atoms with Crippen molar-refractivity contribution in [1.29, 1.82) is 0 Å². The van der Waals surface area contributed by atoms with Crippen molar-refractivity contribution in [3.05, 3.63) is 40.2 Å². The van der Waals surface area contributed by atoms with Gasteiger partial charge in [0.2, 0.25) is 5.88 Å². The second kappa shape index (κ2) is 4.99. The monoisotopic (exact) mass is 234 g/mol. The van der Waals surface area contributed by atoms with Gasteiger partial charge in [0.15, 0.2) is 0 Å². The Labute approximate surface area is 98.9 Å². The first-order valence-corrected chi connectivity index (χ1v) is 6.01. The number of nitrogens with zero attached hydrogens (tertiary/aromatic N) is 1. The summed E-state index contributed by atoms with van der Waals surface area (Å²) in [6.45, 7) is 2.60. The number of hydrogen-bond acceptors (Lipinski definition) is 4. The van der Waals surface area contributed by atoms with Crippen molar-refractivity contribution in [1.82, 2.24) is 4.98 Å². The van der Waals surface area contributed by atoms with Crippen LogP contribution < -0.4 is 10.5 Å². The molecule has 2 aromatic heterocycles. The molecule has 2 N–H and O–H groups in total. The summed E-state index contributed by atoms with van der Waals surface area (Å²) in [6, 6.07) is 6.02. The maximum atomic E-state index is 5.68. The Kier molecular flexibility index (Phi) is 3.41. The second-order valence-corrected chi connectivity index (χ2v) is 4.59. The zero-order chi connectivity index (χ0) is 11.4. The number of ether oxygens (including phenoxy) is 1. The van der Waals surface area contributed by atoms with E-state index in [2.05, 4.69) is 16.4 Å². The quantitative estimate of drug-likeness (QED) is 0.884. The van der Waals surface area contributed by atoms with E-state index < -0.39 is 0 Å². The fraction of sp³-hybridized carbons (Fsp3) is 0.250. The predicted molar refractivity (Wildman–Crippen MR) is 66.9 cm³/mol. The largest absolute Gasteiger partial charge is 0.477 e. The molecule has 0 bridgehead atoms. The highest BCUT2D eigenvalue weighted by atomic mass is 32.1. The molecule has 4 heteroatoms. The molecule has 0 aromatic carbocycles. The van der Waals surface area contributed by atoms with Crippen LogP contribution in [0.2, 0.25) is 0 Å². The van der Waals surface area contributed by atoms with Crippen LogP contribution in [0.15, 0.2) is 29.8 Å². The molecule has 0 aliphatic carbocycles. The fourth-order valence-electron chi connectivity index (χ4n) is 1.33. The van der Waals surface area contributed by atoms with Crippen LogP contribution in [0.3, 0.4) is 0 Å². The minimum Gasteiger partial charge on any atom is -0.477 e. The summed E-state index contributed by atoms with van der Waals surface area (Å²) < 4.78 is 5.56. The zero-order valence-corrected chi connectivity index (χ0v) is 9.96. The Morgan fingerprint density at radius 1 is 1.50 bits per heavy atom. The molecule has 0 aliphatic heterocycles. The van der Waals surface area contributed by atoms with Gasteiger partial charge in [0, 0.05) is 17.4 Å². The number of aromatic nitrogens is 1. The van der Waals surface area contributed by atoms with Gasteiger partial charge >= 0.3 is 0 Å². The summed E-state index contributed by atoms with van der Waals surface area (Å²) in [6.07, 6.45) is 2.55. The molecular weight excluding hydrogens is 220 g/mol. The Morgan fingerprint density at radius 2 is 2.38 bits per heavy atom. The molecule has 3 nitrogen and oxygen atoms in total. The predicted octanol–water partition coefficient (Wildman–Crippen LogP) is 2.66. The first-order valence-electron chi connectivity index (χ1n) is 5.13. The van der Waals surface area contributed by atoms with Crippen LogP contribution in [-0.2, 0) is 6.42 Å². The maximum Gasteiger partial charge on any atom is 0.213 e. The number of rotatable bonds is 4. The van der Waals surface area contributed by atoms with Crippen molar-refractivity contribution in [2.75, 3.05) is 12.3 Å². The molecule has 2 heterocycles. The van der Waals surface area contributed by atoms with Crippen molar-refractivity contribution in [2.45, 2.75) is 13.3 Å². The Bertz CT molecular complexity index is 454. The van der Waals surface area contributed by atoms with Crippen molar-refractivity contribution in [3.8, 4) is 5.88 Å². The number of pyridine rings is 1. The van der Waals surface area contributed by atoms with Crippen molar-refractivity contribution in [3.63, 3.8) is 0 Å². The van der Waals surface area contributed by atoms with Crippen LogP contribution in [0, 0.1) is 6.92 Å². The SMILES string of the molecule is Cc1cc(OCCc2cccs2)ncc1N. The highest BCUT2D eigenvalue weighted by molar-refractivity contribution is 7.09. The van der Waals surface area contributed by atoms with Crippen LogP contribution in [0.5, 0.6) is 5.88 Å². The van der Waals surface area contributed by atoms with Crippen LogP contribution >= 0.6 is 11.3 Å². The lowest BCUT2D eigenvalue weighted by molar-refractivity contribution is 0.310. The summed E-state index contributed by atoms with van der Waals surface area (Å²) in [4.78, 5) is 5.44. The first-order chi connectivity index (χ1) is 7.75. The molecule has 0 unspecified atom stereocenters. The van der Waals surface area contributed by atoms with E-state index in [4.69, 9.17) is 10.5 Å². The van der Waals surface area contributed by atoms with Crippen LogP contribution in [0.4, 0.5) is 5.69 Å². The van der Waals surface area contributed by atoms with E-state index in [0.717, 1.165) is 12.0 Å². The standard InChI is InChI=1S/C12H14N2OS/c1-9-7-12(14-8-11(9)13)15-5-4-10-3-2-6-16-10/h2-3,6-8H,4-5,13H2,1H3. The van der Waals surface area contributed by atoms with Crippen LogP contribution in [0.1, 0.15) is 10.4 Å². The number of thiophene rings is 1. The van der Waals surface area contributed by atoms with Gasteiger partial charge in [0.1, 0.15) is 0 Å². The molecule has 0 atom stereocenters. The van der Waals surface area contributed by atoms with Gasteiger partial charge in [-0.3, -0.25) is 0 Å². The highest BCUT2D eigenvalue weighted by Gasteiger charge is 2.00. The Morgan fingerprint density at radius 3 is 3.06 bits per heavy atom. The van der Waals surface area contributed by atoms with E-state index in [1.807, 2.05) is 19.1 Å². The lowest BCUT2D eigenvalue weighted by atomic mass is 10.2. The van der Waals surface area contributed by atoms with Gasteiger partial charge < -0.3 is 10.5 Å². The van der Waals surface area contributed by atoms with E-state index in [1.54, 1.807) is 17.5 Å². The number of anilines is 1. The third-order valence-electron chi connectivity index (χ3n) is 2.30. The summed E-state index contributed by atoms with van der Waals surface area (Å²) in [5.74, 6) is 0.642. The minimum absolute atomic E-state index is 0.642. The average Bonchev–Trinajstić information content (AvgIpc) is 2.76. The summed E-state index contributed by atoms with van der Waals surface area (Å²) in [7, 11) is 0. The molecule has 0 spiro atoms. The smallest absolute Gasteiger partial charge is 0.213 e.